The highest BCUT2D eigenvalue weighted by Crippen LogP contribution is 2.36. The summed E-state index contributed by atoms with van der Waals surface area (Å²) in [6, 6.07) is 9.19. The summed E-state index contributed by atoms with van der Waals surface area (Å²) >= 11 is 0. The summed E-state index contributed by atoms with van der Waals surface area (Å²) in [5.41, 5.74) is 0.179. The number of nitrogens with zero attached hydrogens (tertiary/aromatic N) is 3. The minimum atomic E-state index is -0.959. The van der Waals surface area contributed by atoms with Gasteiger partial charge in [-0.15, -0.1) is 0 Å². The van der Waals surface area contributed by atoms with Crippen molar-refractivity contribution in [2.75, 3.05) is 20.1 Å². The van der Waals surface area contributed by atoms with E-state index < -0.39 is 11.4 Å². The maximum atomic E-state index is 12.6. The summed E-state index contributed by atoms with van der Waals surface area (Å²) in [6.07, 6.45) is 1.33. The monoisotopic (exact) mass is 343 g/mol. The normalized spacial score (nSPS) is 20.2. The summed E-state index contributed by atoms with van der Waals surface area (Å²) < 4.78 is 0. The molecule has 2 heterocycles. The molecule has 132 valence electrons. The third kappa shape index (κ3) is 3.14. The number of carbonyl (C=O) groups is 3. The summed E-state index contributed by atoms with van der Waals surface area (Å²) in [7, 11) is 1.54. The molecule has 1 fully saturated rings. The number of hydrogen-bond donors (Lipinski definition) is 1. The van der Waals surface area contributed by atoms with Crippen LogP contribution in [0.1, 0.15) is 31.2 Å². The van der Waals surface area contributed by atoms with Gasteiger partial charge in [0.25, 0.3) is 5.91 Å². The van der Waals surface area contributed by atoms with E-state index in [1.54, 1.807) is 4.90 Å². The van der Waals surface area contributed by atoms with E-state index >= 15 is 0 Å². The fourth-order valence-corrected chi connectivity index (χ4v) is 3.48. The van der Waals surface area contributed by atoms with Crippen LogP contribution in [0.25, 0.3) is 0 Å². The Kier molecular flexibility index (Phi) is 4.57. The molecule has 3 rings (SSSR count). The van der Waals surface area contributed by atoms with Gasteiger partial charge in [0.1, 0.15) is 5.71 Å². The van der Waals surface area contributed by atoms with Crippen LogP contribution >= 0.6 is 0 Å². The molecule has 0 unspecified atom stereocenters. The average Bonchev–Trinajstić information content (AvgIpc) is 2.64. The number of carboxylic acids is 1. The molecule has 0 aliphatic carbocycles. The van der Waals surface area contributed by atoms with Crippen LogP contribution in [0.4, 0.5) is 0 Å². The predicted molar refractivity (Wildman–Crippen MR) is 91.0 cm³/mol. The first kappa shape index (κ1) is 17.1. The second kappa shape index (κ2) is 6.66. The lowest BCUT2D eigenvalue weighted by atomic mass is 9.73. The lowest BCUT2D eigenvalue weighted by molar-refractivity contribution is -0.147. The molecule has 2 amide bonds. The Morgan fingerprint density at radius 2 is 1.76 bits per heavy atom. The number of amides is 2. The first-order valence-corrected chi connectivity index (χ1v) is 8.36. The van der Waals surface area contributed by atoms with E-state index in [2.05, 4.69) is 5.10 Å². The van der Waals surface area contributed by atoms with Gasteiger partial charge in [0.2, 0.25) is 5.91 Å². The van der Waals surface area contributed by atoms with Crippen LogP contribution in [0, 0.1) is 0 Å². The molecule has 7 heteroatoms. The minimum Gasteiger partial charge on any atom is -0.481 e. The van der Waals surface area contributed by atoms with Crippen LogP contribution in [0.5, 0.6) is 0 Å². The number of carboxylic acid groups (broad SMARTS) is 1. The summed E-state index contributed by atoms with van der Waals surface area (Å²) in [5, 5.41) is 15.1. The first-order valence-electron chi connectivity index (χ1n) is 8.36. The Morgan fingerprint density at radius 1 is 1.12 bits per heavy atom. The van der Waals surface area contributed by atoms with Crippen LogP contribution in [0.2, 0.25) is 0 Å². The van der Waals surface area contributed by atoms with E-state index in [0.29, 0.717) is 38.1 Å². The second-order valence-electron chi connectivity index (χ2n) is 6.51. The van der Waals surface area contributed by atoms with Crippen molar-refractivity contribution in [3.8, 4) is 0 Å². The van der Waals surface area contributed by atoms with E-state index in [4.69, 9.17) is 0 Å². The van der Waals surface area contributed by atoms with Crippen molar-refractivity contribution in [3.63, 3.8) is 0 Å². The summed E-state index contributed by atoms with van der Waals surface area (Å²) in [4.78, 5) is 37.7. The Labute approximate surface area is 145 Å². The van der Waals surface area contributed by atoms with Crippen LogP contribution in [-0.4, -0.2) is 58.6 Å². The van der Waals surface area contributed by atoms with Crippen molar-refractivity contribution in [1.29, 1.82) is 0 Å². The van der Waals surface area contributed by atoms with Gasteiger partial charge in [0.15, 0.2) is 0 Å². The summed E-state index contributed by atoms with van der Waals surface area (Å²) in [6.45, 7) is 0.716. The SMILES string of the molecule is CN1N=C(C(=O)N2CCC(C(=O)O)(c3ccccc3)CC2)CCC1=O. The molecule has 2 aliphatic rings. The maximum Gasteiger partial charge on any atom is 0.314 e. The number of rotatable bonds is 3. The Balaban J connectivity index is 1.74. The van der Waals surface area contributed by atoms with Gasteiger partial charge < -0.3 is 10.0 Å². The third-order valence-electron chi connectivity index (χ3n) is 5.09. The molecule has 0 spiro atoms. The molecule has 1 aromatic carbocycles. The number of piperidine rings is 1. The van der Waals surface area contributed by atoms with E-state index in [0.717, 1.165) is 5.56 Å². The van der Waals surface area contributed by atoms with Gasteiger partial charge in [0.05, 0.1) is 5.41 Å². The molecule has 2 aliphatic heterocycles. The number of likely N-dealkylation sites (tertiary alicyclic amines) is 1. The number of hydrogen-bond acceptors (Lipinski definition) is 4. The van der Waals surface area contributed by atoms with Crippen molar-refractivity contribution in [2.45, 2.75) is 31.1 Å². The predicted octanol–water partition coefficient (Wildman–Crippen LogP) is 1.24. The molecule has 7 nitrogen and oxygen atoms in total. The third-order valence-corrected chi connectivity index (χ3v) is 5.09. The molecule has 1 aromatic rings. The molecule has 25 heavy (non-hydrogen) atoms. The topological polar surface area (TPSA) is 90.3 Å². The van der Waals surface area contributed by atoms with Gasteiger partial charge in [-0.05, 0) is 18.4 Å². The van der Waals surface area contributed by atoms with Crippen LogP contribution in [0.15, 0.2) is 35.4 Å². The van der Waals surface area contributed by atoms with Crippen molar-refractivity contribution in [1.82, 2.24) is 9.91 Å². The molecule has 0 radical (unpaired) electrons. The number of aliphatic carboxylic acids is 1. The first-order chi connectivity index (χ1) is 11.9. The summed E-state index contributed by atoms with van der Waals surface area (Å²) in [5.74, 6) is -1.17. The van der Waals surface area contributed by atoms with Crippen LogP contribution < -0.4 is 0 Å². The smallest absolute Gasteiger partial charge is 0.314 e. The lowest BCUT2D eigenvalue weighted by Crippen LogP contribution is -2.51. The quantitative estimate of drug-likeness (QED) is 0.894. The minimum absolute atomic E-state index is 0.107. The molecular formula is C18H21N3O4. The van der Waals surface area contributed by atoms with Crippen LogP contribution in [0.3, 0.4) is 0 Å². The van der Waals surface area contributed by atoms with Crippen molar-refractivity contribution in [2.24, 2.45) is 5.10 Å². The molecule has 0 bridgehead atoms. The van der Waals surface area contributed by atoms with Gasteiger partial charge in [-0.3, -0.25) is 14.4 Å². The fraction of sp³-hybridized carbons (Fsp3) is 0.444. The van der Waals surface area contributed by atoms with E-state index in [1.165, 1.54) is 12.1 Å². The van der Waals surface area contributed by atoms with Gasteiger partial charge in [0, 0.05) is 33.0 Å². The van der Waals surface area contributed by atoms with Crippen molar-refractivity contribution >= 4 is 23.5 Å². The van der Waals surface area contributed by atoms with Crippen molar-refractivity contribution < 1.29 is 19.5 Å². The molecule has 1 N–H and O–H groups in total. The zero-order chi connectivity index (χ0) is 18.0. The molecule has 1 saturated heterocycles. The molecule has 0 saturated carbocycles. The van der Waals surface area contributed by atoms with Gasteiger partial charge in [-0.25, -0.2) is 5.01 Å². The molecular weight excluding hydrogens is 322 g/mol. The van der Waals surface area contributed by atoms with Crippen molar-refractivity contribution in [3.05, 3.63) is 35.9 Å². The highest BCUT2D eigenvalue weighted by Gasteiger charge is 2.44. The maximum absolute atomic E-state index is 12.6. The highest BCUT2D eigenvalue weighted by atomic mass is 16.4. The zero-order valence-electron chi connectivity index (χ0n) is 14.1. The van der Waals surface area contributed by atoms with E-state index in [9.17, 15) is 19.5 Å². The molecule has 0 aromatic heterocycles. The van der Waals surface area contributed by atoms with Gasteiger partial charge in [-0.1, -0.05) is 30.3 Å². The fourth-order valence-electron chi connectivity index (χ4n) is 3.48. The zero-order valence-corrected chi connectivity index (χ0v) is 14.1. The standard InChI is InChI=1S/C18H21N3O4/c1-20-15(22)8-7-14(19-20)16(23)21-11-9-18(10-12-21,17(24)25)13-5-3-2-4-6-13/h2-6H,7-12H2,1H3,(H,24,25). The van der Waals surface area contributed by atoms with Gasteiger partial charge in [-0.2, -0.15) is 5.10 Å². The highest BCUT2D eigenvalue weighted by molar-refractivity contribution is 6.39. The Hall–Kier alpha value is -2.70. The second-order valence-corrected chi connectivity index (χ2v) is 6.51. The van der Waals surface area contributed by atoms with Crippen LogP contribution in [-0.2, 0) is 19.8 Å². The van der Waals surface area contributed by atoms with E-state index in [-0.39, 0.29) is 18.2 Å². The average molecular weight is 343 g/mol. The van der Waals surface area contributed by atoms with Gasteiger partial charge >= 0.3 is 5.97 Å². The lowest BCUT2D eigenvalue weighted by Gasteiger charge is -2.39. The number of carbonyl (C=O) groups excluding carboxylic acids is 2. The number of benzene rings is 1. The Bertz CT molecular complexity index is 721. The van der Waals surface area contributed by atoms with E-state index in [1.807, 2.05) is 30.3 Å². The number of hydrazone groups is 1. The molecule has 0 atom stereocenters. The Morgan fingerprint density at radius 3 is 2.32 bits per heavy atom. The largest absolute Gasteiger partial charge is 0.481 e.